The van der Waals surface area contributed by atoms with Crippen LogP contribution in [0.3, 0.4) is 0 Å². The maximum Gasteiger partial charge on any atom is 0.275 e. The lowest BCUT2D eigenvalue weighted by Gasteiger charge is -2.32. The van der Waals surface area contributed by atoms with Crippen molar-refractivity contribution >= 4 is 28.6 Å². The van der Waals surface area contributed by atoms with Crippen molar-refractivity contribution in [3.05, 3.63) is 40.3 Å². The summed E-state index contributed by atoms with van der Waals surface area (Å²) in [7, 11) is 0. The lowest BCUT2D eigenvalue weighted by Crippen LogP contribution is -2.36. The monoisotopic (exact) mass is 346 g/mol. The molecule has 0 radical (unpaired) electrons. The van der Waals surface area contributed by atoms with E-state index in [1.807, 2.05) is 24.3 Å². The molecule has 0 bridgehead atoms. The number of hydrogen-bond acceptors (Lipinski definition) is 6. The quantitative estimate of drug-likeness (QED) is 0.769. The number of para-hydroxylation sites is 2. The standard InChI is InChI=1S/C17H22N4O2S/c18-8-5-16-19-14(11-24-16)17(23)20-13-3-1-2-4-15(13)21-9-6-12(22)7-10-21/h1-4,11-12,22H,5-10,18H2,(H,20,23). The number of anilines is 2. The molecule has 4 N–H and O–H groups in total. The van der Waals surface area contributed by atoms with Gasteiger partial charge in [0.1, 0.15) is 5.69 Å². The number of aliphatic hydroxyl groups excluding tert-OH is 1. The molecule has 1 aliphatic rings. The van der Waals surface area contributed by atoms with Crippen LogP contribution in [0.25, 0.3) is 0 Å². The third-order valence-electron chi connectivity index (χ3n) is 4.10. The molecule has 2 heterocycles. The summed E-state index contributed by atoms with van der Waals surface area (Å²) in [5, 5.41) is 15.3. The van der Waals surface area contributed by atoms with Crippen LogP contribution in [0.5, 0.6) is 0 Å². The van der Waals surface area contributed by atoms with Crippen molar-refractivity contribution in [2.45, 2.75) is 25.4 Å². The number of carbonyl (C=O) groups excluding carboxylic acids is 1. The first-order valence-electron chi connectivity index (χ1n) is 8.15. The van der Waals surface area contributed by atoms with Crippen LogP contribution >= 0.6 is 11.3 Å². The highest BCUT2D eigenvalue weighted by atomic mass is 32.1. The van der Waals surface area contributed by atoms with E-state index in [4.69, 9.17) is 5.73 Å². The summed E-state index contributed by atoms with van der Waals surface area (Å²) in [5.41, 5.74) is 7.70. The molecule has 1 amide bonds. The van der Waals surface area contributed by atoms with Crippen LogP contribution in [0.1, 0.15) is 28.3 Å². The lowest BCUT2D eigenvalue weighted by molar-refractivity contribution is 0.102. The second kappa shape index (κ2) is 7.74. The van der Waals surface area contributed by atoms with Gasteiger partial charge in [0.2, 0.25) is 0 Å². The number of benzene rings is 1. The van der Waals surface area contributed by atoms with Crippen LogP contribution in [0, 0.1) is 0 Å². The summed E-state index contributed by atoms with van der Waals surface area (Å²) >= 11 is 1.46. The van der Waals surface area contributed by atoms with Crippen LogP contribution in [-0.2, 0) is 6.42 Å². The third kappa shape index (κ3) is 3.92. The number of rotatable bonds is 5. The number of carbonyl (C=O) groups is 1. The molecule has 1 aliphatic heterocycles. The van der Waals surface area contributed by atoms with Crippen LogP contribution in [0.4, 0.5) is 11.4 Å². The third-order valence-corrected chi connectivity index (χ3v) is 5.01. The maximum atomic E-state index is 12.5. The van der Waals surface area contributed by atoms with E-state index in [9.17, 15) is 9.90 Å². The summed E-state index contributed by atoms with van der Waals surface area (Å²) in [6.07, 6.45) is 1.96. The van der Waals surface area contributed by atoms with Crippen molar-refractivity contribution in [3.8, 4) is 0 Å². The minimum Gasteiger partial charge on any atom is -0.393 e. The maximum absolute atomic E-state index is 12.5. The fourth-order valence-corrected chi connectivity index (χ4v) is 3.60. The van der Waals surface area contributed by atoms with E-state index in [-0.39, 0.29) is 12.0 Å². The largest absolute Gasteiger partial charge is 0.393 e. The first kappa shape index (κ1) is 16.9. The van der Waals surface area contributed by atoms with E-state index in [1.54, 1.807) is 5.38 Å². The Morgan fingerprint density at radius 2 is 2.12 bits per heavy atom. The topological polar surface area (TPSA) is 91.5 Å². The normalized spacial score (nSPS) is 15.5. The summed E-state index contributed by atoms with van der Waals surface area (Å²) in [6, 6.07) is 7.75. The molecule has 3 rings (SSSR count). The molecule has 0 unspecified atom stereocenters. The summed E-state index contributed by atoms with van der Waals surface area (Å²) < 4.78 is 0. The number of aliphatic hydroxyl groups is 1. The van der Waals surface area contributed by atoms with Crippen LogP contribution in [0.2, 0.25) is 0 Å². The molecule has 0 saturated carbocycles. The molecule has 1 aromatic heterocycles. The van der Waals surface area contributed by atoms with E-state index in [1.165, 1.54) is 11.3 Å². The van der Waals surface area contributed by atoms with E-state index in [2.05, 4.69) is 15.2 Å². The molecule has 7 heteroatoms. The molecule has 0 spiro atoms. The molecule has 6 nitrogen and oxygen atoms in total. The van der Waals surface area contributed by atoms with Gasteiger partial charge in [-0.1, -0.05) is 12.1 Å². The van der Waals surface area contributed by atoms with Gasteiger partial charge in [-0.05, 0) is 31.5 Å². The smallest absolute Gasteiger partial charge is 0.275 e. The van der Waals surface area contributed by atoms with Crippen molar-refractivity contribution < 1.29 is 9.90 Å². The van der Waals surface area contributed by atoms with Crippen molar-refractivity contribution in [1.82, 2.24) is 4.98 Å². The second-order valence-electron chi connectivity index (χ2n) is 5.85. The van der Waals surface area contributed by atoms with Crippen molar-refractivity contribution in [2.75, 3.05) is 29.9 Å². The predicted octanol–water partition coefficient (Wildman–Crippen LogP) is 1.86. The van der Waals surface area contributed by atoms with Gasteiger partial charge < -0.3 is 21.1 Å². The first-order chi connectivity index (χ1) is 11.7. The zero-order valence-electron chi connectivity index (χ0n) is 13.4. The van der Waals surface area contributed by atoms with E-state index in [0.717, 1.165) is 42.3 Å². The van der Waals surface area contributed by atoms with E-state index >= 15 is 0 Å². The SMILES string of the molecule is NCCc1nc(C(=O)Nc2ccccc2N2CCC(O)CC2)cs1. The van der Waals surface area contributed by atoms with Gasteiger partial charge in [0.25, 0.3) is 5.91 Å². The summed E-state index contributed by atoms with van der Waals surface area (Å²) in [5.74, 6) is -0.209. The number of nitrogens with one attached hydrogen (secondary N) is 1. The van der Waals surface area contributed by atoms with Crippen LogP contribution in [0.15, 0.2) is 29.6 Å². The predicted molar refractivity (Wildman–Crippen MR) is 96.7 cm³/mol. The highest BCUT2D eigenvalue weighted by molar-refractivity contribution is 7.09. The molecule has 1 fully saturated rings. The van der Waals surface area contributed by atoms with Gasteiger partial charge in [-0.3, -0.25) is 4.79 Å². The molecule has 1 aromatic carbocycles. The zero-order valence-corrected chi connectivity index (χ0v) is 14.3. The molecule has 2 aromatic rings. The number of nitrogens with zero attached hydrogens (tertiary/aromatic N) is 2. The van der Waals surface area contributed by atoms with Gasteiger partial charge in [-0.25, -0.2) is 4.98 Å². The molecule has 0 aliphatic carbocycles. The van der Waals surface area contributed by atoms with E-state index < -0.39 is 0 Å². The van der Waals surface area contributed by atoms with Crippen LogP contribution < -0.4 is 16.0 Å². The average molecular weight is 346 g/mol. The minimum atomic E-state index is -0.223. The average Bonchev–Trinajstić information content (AvgIpc) is 3.05. The molecule has 128 valence electrons. The number of thiazole rings is 1. The van der Waals surface area contributed by atoms with Crippen molar-refractivity contribution in [3.63, 3.8) is 0 Å². The Morgan fingerprint density at radius 1 is 1.38 bits per heavy atom. The highest BCUT2D eigenvalue weighted by Gasteiger charge is 2.20. The number of amides is 1. The summed E-state index contributed by atoms with van der Waals surface area (Å²) in [4.78, 5) is 19.0. The van der Waals surface area contributed by atoms with Gasteiger partial charge in [-0.2, -0.15) is 0 Å². The van der Waals surface area contributed by atoms with Crippen molar-refractivity contribution in [1.29, 1.82) is 0 Å². The van der Waals surface area contributed by atoms with Gasteiger partial charge in [0.05, 0.1) is 22.5 Å². The van der Waals surface area contributed by atoms with Gasteiger partial charge in [-0.15, -0.1) is 11.3 Å². The lowest BCUT2D eigenvalue weighted by atomic mass is 10.1. The Balaban J connectivity index is 1.73. The molecule has 1 saturated heterocycles. The Kier molecular flexibility index (Phi) is 5.44. The number of piperidine rings is 1. The number of nitrogens with two attached hydrogens (primary N) is 1. The minimum absolute atomic E-state index is 0.209. The number of aromatic nitrogens is 1. The molecule has 24 heavy (non-hydrogen) atoms. The fourth-order valence-electron chi connectivity index (χ4n) is 2.80. The Bertz CT molecular complexity index is 695. The summed E-state index contributed by atoms with van der Waals surface area (Å²) in [6.45, 7) is 2.09. The molecule has 0 atom stereocenters. The van der Waals surface area contributed by atoms with Gasteiger partial charge >= 0.3 is 0 Å². The Labute approximate surface area is 145 Å². The Hall–Kier alpha value is -1.96. The first-order valence-corrected chi connectivity index (χ1v) is 9.03. The Morgan fingerprint density at radius 3 is 2.88 bits per heavy atom. The van der Waals surface area contributed by atoms with E-state index in [0.29, 0.717) is 18.7 Å². The molecular weight excluding hydrogens is 324 g/mol. The van der Waals surface area contributed by atoms with Crippen LogP contribution in [-0.4, -0.2) is 41.7 Å². The second-order valence-corrected chi connectivity index (χ2v) is 6.80. The number of hydrogen-bond donors (Lipinski definition) is 3. The van der Waals surface area contributed by atoms with Gasteiger partial charge in [0.15, 0.2) is 0 Å². The highest BCUT2D eigenvalue weighted by Crippen LogP contribution is 2.28. The fraction of sp³-hybridized carbons (Fsp3) is 0.412. The zero-order chi connectivity index (χ0) is 16.9. The van der Waals surface area contributed by atoms with Gasteiger partial charge in [0, 0.05) is 24.9 Å². The molecular formula is C17H22N4O2S. The van der Waals surface area contributed by atoms with Crippen molar-refractivity contribution in [2.24, 2.45) is 5.73 Å².